The molecule has 0 saturated heterocycles. The molecule has 3 aromatic carbocycles. The van der Waals surface area contributed by atoms with Gasteiger partial charge in [-0.15, -0.1) is 0 Å². The predicted octanol–water partition coefficient (Wildman–Crippen LogP) is 3.47. The molecule has 0 unspecified atom stereocenters. The summed E-state index contributed by atoms with van der Waals surface area (Å²) in [6.07, 6.45) is 0.942. The van der Waals surface area contributed by atoms with E-state index in [1.807, 2.05) is 12.1 Å². The third-order valence-electron chi connectivity index (χ3n) is 5.79. The number of hydrogen-bond acceptors (Lipinski definition) is 4. The largest absolute Gasteiger partial charge is 0.279 e. The highest BCUT2D eigenvalue weighted by Crippen LogP contribution is 2.52. The van der Waals surface area contributed by atoms with Gasteiger partial charge in [0.1, 0.15) is 10.6 Å². The molecule has 156 valence electrons. The molecule has 1 aliphatic carbocycles. The smallest absolute Gasteiger partial charge is 0.267 e. The molecule has 0 atom stereocenters. The molecule has 0 radical (unpaired) electrons. The number of fused-ring (bicyclic) bond motifs is 1. The van der Waals surface area contributed by atoms with Crippen molar-refractivity contribution in [2.24, 2.45) is 5.14 Å². The van der Waals surface area contributed by atoms with Gasteiger partial charge in [-0.25, -0.2) is 17.9 Å². The fourth-order valence-electron chi connectivity index (χ4n) is 3.96. The molecule has 8 heteroatoms. The maximum Gasteiger partial charge on any atom is 0.279 e. The molecule has 1 heterocycles. The average Bonchev–Trinajstić information content (AvgIpc) is 3.58. The number of nitrogens with zero attached hydrogens (tertiary/aromatic N) is 2. The molecule has 5 rings (SSSR count). The molecule has 1 saturated carbocycles. The number of aromatic nitrogens is 2. The maximum atomic E-state index is 13.4. The summed E-state index contributed by atoms with van der Waals surface area (Å²) < 4.78 is 37.9. The Hall–Kier alpha value is -3.36. The van der Waals surface area contributed by atoms with Crippen LogP contribution in [0.1, 0.15) is 18.4 Å². The van der Waals surface area contributed by atoms with Crippen LogP contribution in [0.2, 0.25) is 0 Å². The molecule has 1 fully saturated rings. The molecule has 0 aliphatic heterocycles. The highest BCUT2D eigenvalue weighted by molar-refractivity contribution is 7.90. The number of sulfonamides is 1. The van der Waals surface area contributed by atoms with Crippen LogP contribution in [0.15, 0.2) is 77.6 Å². The minimum absolute atomic E-state index is 0.328. The van der Waals surface area contributed by atoms with Crippen molar-refractivity contribution in [2.45, 2.75) is 17.6 Å². The Kier molecular flexibility index (Phi) is 4.32. The van der Waals surface area contributed by atoms with Crippen LogP contribution < -0.4 is 10.7 Å². The van der Waals surface area contributed by atoms with Gasteiger partial charge in [-0.05, 0) is 54.8 Å². The van der Waals surface area contributed by atoms with Gasteiger partial charge in [0.25, 0.3) is 5.56 Å². The number of benzene rings is 3. The van der Waals surface area contributed by atoms with E-state index in [-0.39, 0.29) is 5.56 Å². The highest BCUT2D eigenvalue weighted by atomic mass is 32.2. The van der Waals surface area contributed by atoms with Crippen molar-refractivity contribution in [1.82, 2.24) is 9.78 Å². The fourth-order valence-corrected chi connectivity index (χ4v) is 5.09. The summed E-state index contributed by atoms with van der Waals surface area (Å²) in [5.74, 6) is -0.414. The van der Waals surface area contributed by atoms with E-state index in [0.717, 1.165) is 0 Å². The Morgan fingerprint density at radius 1 is 0.935 bits per heavy atom. The van der Waals surface area contributed by atoms with Gasteiger partial charge in [-0.3, -0.25) is 4.79 Å². The topological polar surface area (TPSA) is 95.1 Å². The van der Waals surface area contributed by atoms with Crippen molar-refractivity contribution in [2.75, 3.05) is 0 Å². The van der Waals surface area contributed by atoms with E-state index in [0.29, 0.717) is 46.1 Å². The molecular formula is C23H18FN3O3S. The van der Waals surface area contributed by atoms with Gasteiger partial charge < -0.3 is 0 Å². The standard InChI is InChI=1S/C23H18FN3O3S/c24-17-8-10-18(11-9-17)27-22(28)20-7-2-1-6-19(20)21(26-27)15-4-3-5-16(14-15)23(12-13-23)31(25,29)30/h1-11,14H,12-13H2,(H2,25,29,30). The Labute approximate surface area is 177 Å². The Morgan fingerprint density at radius 3 is 2.26 bits per heavy atom. The normalized spacial score (nSPS) is 15.2. The summed E-state index contributed by atoms with van der Waals surface area (Å²) >= 11 is 0. The molecule has 0 spiro atoms. The zero-order valence-corrected chi connectivity index (χ0v) is 17.1. The van der Waals surface area contributed by atoms with Crippen molar-refractivity contribution in [3.63, 3.8) is 0 Å². The van der Waals surface area contributed by atoms with Crippen LogP contribution in [0.25, 0.3) is 27.7 Å². The lowest BCUT2D eigenvalue weighted by Crippen LogP contribution is -2.28. The van der Waals surface area contributed by atoms with Crippen molar-refractivity contribution < 1.29 is 12.8 Å². The van der Waals surface area contributed by atoms with Crippen molar-refractivity contribution >= 4 is 20.8 Å². The van der Waals surface area contributed by atoms with Crippen molar-refractivity contribution in [3.8, 4) is 16.9 Å². The van der Waals surface area contributed by atoms with Crippen LogP contribution in [-0.4, -0.2) is 18.2 Å². The lowest BCUT2D eigenvalue weighted by atomic mass is 10.0. The summed E-state index contributed by atoms with van der Waals surface area (Å²) in [5.41, 5.74) is 1.90. The minimum Gasteiger partial charge on any atom is -0.267 e. The van der Waals surface area contributed by atoms with Gasteiger partial charge in [0.15, 0.2) is 0 Å². The van der Waals surface area contributed by atoms with E-state index in [1.165, 1.54) is 28.9 Å². The number of rotatable bonds is 4. The van der Waals surface area contributed by atoms with Gasteiger partial charge in [0.05, 0.1) is 16.8 Å². The second kappa shape index (κ2) is 6.83. The van der Waals surface area contributed by atoms with Gasteiger partial charge in [-0.2, -0.15) is 9.78 Å². The second-order valence-corrected chi connectivity index (χ2v) is 9.58. The van der Waals surface area contributed by atoms with E-state index < -0.39 is 20.6 Å². The molecule has 31 heavy (non-hydrogen) atoms. The molecule has 0 bridgehead atoms. The predicted molar refractivity (Wildman–Crippen MR) is 117 cm³/mol. The summed E-state index contributed by atoms with van der Waals surface area (Å²) in [6.45, 7) is 0. The number of hydrogen-bond donors (Lipinski definition) is 1. The highest BCUT2D eigenvalue weighted by Gasteiger charge is 2.54. The fraction of sp³-hybridized carbons (Fsp3) is 0.130. The first kappa shape index (κ1) is 19.6. The first-order valence-corrected chi connectivity index (χ1v) is 11.3. The maximum absolute atomic E-state index is 13.4. The van der Waals surface area contributed by atoms with Gasteiger partial charge >= 0.3 is 0 Å². The second-order valence-electron chi connectivity index (χ2n) is 7.71. The zero-order valence-electron chi connectivity index (χ0n) is 16.3. The minimum atomic E-state index is -3.76. The van der Waals surface area contributed by atoms with E-state index in [4.69, 9.17) is 5.14 Å². The Bertz CT molecular complexity index is 1490. The molecular weight excluding hydrogens is 417 g/mol. The molecule has 4 aromatic rings. The summed E-state index contributed by atoms with van der Waals surface area (Å²) in [4.78, 5) is 13.1. The number of primary sulfonamides is 1. The Morgan fingerprint density at radius 2 is 1.61 bits per heavy atom. The van der Waals surface area contributed by atoms with E-state index in [2.05, 4.69) is 5.10 Å². The molecule has 6 nitrogen and oxygen atoms in total. The third-order valence-corrected chi connectivity index (χ3v) is 7.52. The van der Waals surface area contributed by atoms with Crippen LogP contribution in [0, 0.1) is 5.82 Å². The van der Waals surface area contributed by atoms with Gasteiger partial charge in [0, 0.05) is 10.9 Å². The lowest BCUT2D eigenvalue weighted by molar-refractivity contribution is 0.582. The quantitative estimate of drug-likeness (QED) is 0.531. The lowest BCUT2D eigenvalue weighted by Gasteiger charge is -2.16. The van der Waals surface area contributed by atoms with Crippen LogP contribution in [-0.2, 0) is 14.8 Å². The van der Waals surface area contributed by atoms with Crippen LogP contribution >= 0.6 is 0 Å². The van der Waals surface area contributed by atoms with Crippen LogP contribution in [0.5, 0.6) is 0 Å². The first-order valence-electron chi connectivity index (χ1n) is 9.71. The first-order chi connectivity index (χ1) is 14.8. The van der Waals surface area contributed by atoms with Crippen molar-refractivity contribution in [1.29, 1.82) is 0 Å². The third kappa shape index (κ3) is 3.15. The zero-order chi connectivity index (χ0) is 21.8. The number of nitrogens with two attached hydrogens (primary N) is 1. The molecule has 0 amide bonds. The number of halogens is 1. The van der Waals surface area contributed by atoms with E-state index in [9.17, 15) is 17.6 Å². The molecule has 2 N–H and O–H groups in total. The summed E-state index contributed by atoms with van der Waals surface area (Å²) in [6, 6.07) is 19.7. The Balaban J connectivity index is 1.76. The van der Waals surface area contributed by atoms with Gasteiger partial charge in [0.2, 0.25) is 10.0 Å². The summed E-state index contributed by atoms with van der Waals surface area (Å²) in [5, 5.41) is 11.2. The molecule has 1 aromatic heterocycles. The van der Waals surface area contributed by atoms with E-state index >= 15 is 0 Å². The van der Waals surface area contributed by atoms with Crippen LogP contribution in [0.4, 0.5) is 4.39 Å². The average molecular weight is 435 g/mol. The van der Waals surface area contributed by atoms with E-state index in [1.54, 1.807) is 36.4 Å². The molecule has 1 aliphatic rings. The van der Waals surface area contributed by atoms with Gasteiger partial charge in [-0.1, -0.05) is 36.4 Å². The van der Waals surface area contributed by atoms with Crippen LogP contribution in [0.3, 0.4) is 0 Å². The SMILES string of the molecule is NS(=O)(=O)C1(c2cccc(-c3nn(-c4ccc(F)cc4)c(=O)c4ccccc34)c2)CC1. The van der Waals surface area contributed by atoms with Crippen molar-refractivity contribution in [3.05, 3.63) is 94.5 Å². The monoisotopic (exact) mass is 435 g/mol. The summed E-state index contributed by atoms with van der Waals surface area (Å²) in [7, 11) is -3.76.